The van der Waals surface area contributed by atoms with E-state index in [1.807, 2.05) is 66.7 Å². The monoisotopic (exact) mass is 488 g/mol. The van der Waals surface area contributed by atoms with Crippen LogP contribution in [-0.2, 0) is 4.79 Å². The zero-order chi connectivity index (χ0) is 25.8. The molecule has 7 heteroatoms. The van der Waals surface area contributed by atoms with Gasteiger partial charge in [-0.05, 0) is 65.8 Å². The fraction of sp³-hybridized carbons (Fsp3) is 0.167. The second kappa shape index (κ2) is 10.4. The quantitative estimate of drug-likeness (QED) is 0.181. The number of carbonyl (C=O) groups excluding carboxylic acids is 1. The smallest absolute Gasteiger partial charge is 0.266 e. The highest BCUT2D eigenvalue weighted by molar-refractivity contribution is 6.10. The fourth-order valence-corrected chi connectivity index (χ4v) is 5.03. The zero-order valence-electron chi connectivity index (χ0n) is 20.0. The molecule has 0 N–H and O–H groups in total. The lowest BCUT2D eigenvalue weighted by Crippen LogP contribution is -2.32. The van der Waals surface area contributed by atoms with Crippen LogP contribution in [0.1, 0.15) is 42.0 Å². The Kier molecular flexibility index (Phi) is 6.73. The van der Waals surface area contributed by atoms with E-state index in [0.29, 0.717) is 5.56 Å². The molecule has 0 bridgehead atoms. The second-order valence-electron chi connectivity index (χ2n) is 9.09. The molecule has 0 radical (unpaired) electrons. The van der Waals surface area contributed by atoms with Crippen LogP contribution in [0.3, 0.4) is 0 Å². The van der Waals surface area contributed by atoms with E-state index in [9.17, 15) is 20.2 Å². The Labute approximate surface area is 214 Å². The lowest BCUT2D eigenvalue weighted by atomic mass is 9.77. The van der Waals surface area contributed by atoms with Crippen LogP contribution in [0.15, 0.2) is 101 Å². The number of amides is 1. The molecule has 3 aromatic carbocycles. The molecule has 1 heterocycles. The Balaban J connectivity index is 1.54. The van der Waals surface area contributed by atoms with Crippen LogP contribution in [-0.4, -0.2) is 21.6 Å². The van der Waals surface area contributed by atoms with Gasteiger partial charge in [-0.2, -0.15) is 10.4 Å². The fourth-order valence-electron chi connectivity index (χ4n) is 5.03. The van der Waals surface area contributed by atoms with Crippen LogP contribution in [0.5, 0.6) is 0 Å². The van der Waals surface area contributed by atoms with E-state index < -0.39 is 10.8 Å². The first kappa shape index (κ1) is 23.9. The number of nitro groups is 1. The maximum absolute atomic E-state index is 13.7. The molecule has 37 heavy (non-hydrogen) atoms. The van der Waals surface area contributed by atoms with Crippen LogP contribution in [0.4, 0.5) is 5.69 Å². The van der Waals surface area contributed by atoms with Crippen molar-refractivity contribution in [1.82, 2.24) is 5.01 Å². The van der Waals surface area contributed by atoms with Gasteiger partial charge in [0.25, 0.3) is 11.6 Å². The molecular formula is C30H24N4O3. The van der Waals surface area contributed by atoms with Crippen molar-refractivity contribution in [2.75, 3.05) is 0 Å². The maximum Gasteiger partial charge on any atom is 0.285 e. The molecule has 2 aliphatic rings. The van der Waals surface area contributed by atoms with Gasteiger partial charge in [0, 0.05) is 18.1 Å². The van der Waals surface area contributed by atoms with E-state index in [2.05, 4.69) is 6.08 Å². The van der Waals surface area contributed by atoms with Crippen LogP contribution in [0.25, 0.3) is 12.2 Å². The van der Waals surface area contributed by atoms with Crippen LogP contribution >= 0.6 is 0 Å². The molecule has 3 aromatic rings. The molecule has 7 nitrogen and oxygen atoms in total. The van der Waals surface area contributed by atoms with Crippen molar-refractivity contribution in [3.05, 3.63) is 123 Å². The van der Waals surface area contributed by atoms with Gasteiger partial charge in [-0.3, -0.25) is 14.9 Å². The average Bonchev–Trinajstić information content (AvgIpc) is 3.33. The van der Waals surface area contributed by atoms with E-state index in [4.69, 9.17) is 5.10 Å². The molecular weight excluding hydrogens is 464 g/mol. The number of fused-ring (bicyclic) bond motifs is 1. The van der Waals surface area contributed by atoms with Crippen molar-refractivity contribution < 1.29 is 9.72 Å². The first-order valence-electron chi connectivity index (χ1n) is 12.1. The molecule has 1 amide bonds. The number of nitrogens with zero attached hydrogens (tertiary/aromatic N) is 4. The van der Waals surface area contributed by atoms with E-state index >= 15 is 0 Å². The summed E-state index contributed by atoms with van der Waals surface area (Å²) in [4.78, 5) is 24.2. The van der Waals surface area contributed by atoms with Gasteiger partial charge in [-0.25, -0.2) is 5.01 Å². The molecule has 0 saturated heterocycles. The highest BCUT2D eigenvalue weighted by Crippen LogP contribution is 2.44. The van der Waals surface area contributed by atoms with Crippen LogP contribution in [0, 0.1) is 27.4 Å². The van der Waals surface area contributed by atoms with Gasteiger partial charge in [-0.1, -0.05) is 60.7 Å². The number of benzene rings is 3. The summed E-state index contributed by atoms with van der Waals surface area (Å²) in [5.41, 5.74) is 4.44. The first-order chi connectivity index (χ1) is 18.0. The summed E-state index contributed by atoms with van der Waals surface area (Å²) in [6, 6.07) is 27.3. The summed E-state index contributed by atoms with van der Waals surface area (Å²) >= 11 is 0. The topological polar surface area (TPSA) is 99.6 Å². The maximum atomic E-state index is 13.7. The van der Waals surface area contributed by atoms with Crippen molar-refractivity contribution >= 4 is 29.5 Å². The minimum Gasteiger partial charge on any atom is -0.266 e. The third kappa shape index (κ3) is 4.95. The number of rotatable bonds is 5. The second-order valence-corrected chi connectivity index (χ2v) is 9.09. The molecule has 0 unspecified atom stereocenters. The van der Waals surface area contributed by atoms with Gasteiger partial charge in [-0.15, -0.1) is 0 Å². The number of allylic oxidation sites excluding steroid dienone is 1. The lowest BCUT2D eigenvalue weighted by Gasteiger charge is -2.29. The third-order valence-corrected chi connectivity index (χ3v) is 6.76. The number of non-ortho nitro benzene ring substituents is 1. The van der Waals surface area contributed by atoms with E-state index in [-0.39, 0.29) is 23.2 Å². The largest absolute Gasteiger partial charge is 0.285 e. The molecule has 182 valence electrons. The van der Waals surface area contributed by atoms with E-state index in [1.54, 1.807) is 0 Å². The summed E-state index contributed by atoms with van der Waals surface area (Å²) in [7, 11) is 0. The summed E-state index contributed by atoms with van der Waals surface area (Å²) in [5.74, 6) is -0.468. The Morgan fingerprint density at radius 1 is 1.00 bits per heavy atom. The van der Waals surface area contributed by atoms with Gasteiger partial charge in [0.05, 0.1) is 16.7 Å². The van der Waals surface area contributed by atoms with Crippen LogP contribution in [0.2, 0.25) is 0 Å². The Bertz CT molecular complexity index is 1450. The van der Waals surface area contributed by atoms with Crippen molar-refractivity contribution in [2.24, 2.45) is 11.0 Å². The van der Waals surface area contributed by atoms with E-state index in [1.165, 1.54) is 35.4 Å². The average molecular weight is 489 g/mol. The van der Waals surface area contributed by atoms with Crippen LogP contribution < -0.4 is 0 Å². The summed E-state index contributed by atoms with van der Waals surface area (Å²) in [5, 5.41) is 27.2. The summed E-state index contributed by atoms with van der Waals surface area (Å²) in [6.07, 6.45) is 6.34. The highest BCUT2D eigenvalue weighted by Gasteiger charge is 2.44. The van der Waals surface area contributed by atoms with Gasteiger partial charge in [0.2, 0.25) is 0 Å². The normalized spacial score (nSPS) is 20.2. The number of hydrogen-bond acceptors (Lipinski definition) is 5. The molecule has 0 spiro atoms. The van der Waals surface area contributed by atoms with E-state index in [0.717, 1.165) is 41.7 Å². The molecule has 5 rings (SSSR count). The Morgan fingerprint density at radius 3 is 2.32 bits per heavy atom. The molecule has 1 saturated carbocycles. The predicted molar refractivity (Wildman–Crippen MR) is 142 cm³/mol. The number of hydrazone groups is 1. The number of hydrogen-bond donors (Lipinski definition) is 0. The zero-order valence-corrected chi connectivity index (χ0v) is 20.0. The molecule has 1 aliphatic heterocycles. The van der Waals surface area contributed by atoms with Gasteiger partial charge >= 0.3 is 0 Å². The molecule has 1 aliphatic carbocycles. The SMILES string of the molecule is N#C/C(=C/c1ccc([N+](=O)[O-])cc1)C(=O)N1N=C2/C(=C/c3ccccc3)CCC[C@H]2[C@H]1c1ccccc1. The van der Waals surface area contributed by atoms with Gasteiger partial charge in [0.15, 0.2) is 0 Å². The third-order valence-electron chi connectivity index (χ3n) is 6.76. The lowest BCUT2D eigenvalue weighted by molar-refractivity contribution is -0.384. The van der Waals surface area contributed by atoms with Gasteiger partial charge < -0.3 is 0 Å². The highest BCUT2D eigenvalue weighted by atomic mass is 16.6. The molecule has 1 fully saturated rings. The Hall–Kier alpha value is -4.83. The Morgan fingerprint density at radius 2 is 1.68 bits per heavy atom. The minimum atomic E-state index is -0.490. The minimum absolute atomic E-state index is 0.0226. The molecule has 0 aromatic heterocycles. The van der Waals surface area contributed by atoms with Crippen molar-refractivity contribution in [3.8, 4) is 6.07 Å². The van der Waals surface area contributed by atoms with Crippen molar-refractivity contribution in [1.29, 1.82) is 5.26 Å². The first-order valence-corrected chi connectivity index (χ1v) is 12.1. The number of carbonyl (C=O) groups is 1. The summed E-state index contributed by atoms with van der Waals surface area (Å²) < 4.78 is 0. The summed E-state index contributed by atoms with van der Waals surface area (Å²) in [6.45, 7) is 0. The standard InChI is InChI=1S/C30H24N4O3/c31-20-25(19-22-14-16-26(17-15-22)34(36)37)30(35)33-29(23-10-5-2-6-11-23)27-13-7-12-24(28(27)32-33)18-21-8-3-1-4-9-21/h1-6,8-11,14-19,27,29H,7,12-13H2/b24-18+,25-19-/t27-,29-/m1/s1. The number of nitro benzene ring substituents is 1. The van der Waals surface area contributed by atoms with Crippen molar-refractivity contribution in [2.45, 2.75) is 25.3 Å². The predicted octanol–water partition coefficient (Wildman–Crippen LogP) is 6.32. The number of nitriles is 1. The molecule has 2 atom stereocenters. The van der Waals surface area contributed by atoms with Crippen molar-refractivity contribution in [3.63, 3.8) is 0 Å². The van der Waals surface area contributed by atoms with Gasteiger partial charge in [0.1, 0.15) is 11.6 Å².